The summed E-state index contributed by atoms with van der Waals surface area (Å²) in [4.78, 5) is 0. The summed E-state index contributed by atoms with van der Waals surface area (Å²) in [5.74, 6) is 0. The van der Waals surface area contributed by atoms with Crippen molar-refractivity contribution in [3.05, 3.63) is 0 Å². The number of hydrogen-bond acceptors (Lipinski definition) is 6. The minimum absolute atomic E-state index is 0. The van der Waals surface area contributed by atoms with Crippen LogP contribution in [0.1, 0.15) is 130 Å². The molecule has 6 N–H and O–H groups in total. The van der Waals surface area contributed by atoms with Crippen molar-refractivity contribution in [3.8, 4) is 0 Å². The predicted octanol–water partition coefficient (Wildman–Crippen LogP) is 4.87. The monoisotopic (exact) mass is 488 g/mol. The van der Waals surface area contributed by atoms with E-state index in [2.05, 4.69) is 27.7 Å². The molecule has 0 bridgehead atoms. The summed E-state index contributed by atoms with van der Waals surface area (Å²) in [5.41, 5.74) is 0. The van der Waals surface area contributed by atoms with Crippen molar-refractivity contribution >= 4 is 0 Å². The predicted molar refractivity (Wildman–Crippen MR) is 127 cm³/mol. The molecule has 0 aromatic rings. The molecule has 0 saturated carbocycles. The minimum Gasteiger partial charge on any atom is -0.396 e. The van der Waals surface area contributed by atoms with E-state index in [0.717, 1.165) is 51.4 Å². The number of hydrogen-bond donors (Lipinski definition) is 6. The van der Waals surface area contributed by atoms with Crippen molar-refractivity contribution in [1.82, 2.24) is 0 Å². The molecule has 0 amide bonds. The van der Waals surface area contributed by atoms with E-state index in [4.69, 9.17) is 30.6 Å². The van der Waals surface area contributed by atoms with Gasteiger partial charge in [-0.15, -0.1) is 0 Å². The molecule has 0 aliphatic heterocycles. The van der Waals surface area contributed by atoms with Crippen LogP contribution in [0.2, 0.25) is 0 Å². The summed E-state index contributed by atoms with van der Waals surface area (Å²) in [6.45, 7) is 9.13. The molecule has 7 heteroatoms. The maximum Gasteiger partial charge on any atom is 0.151 e. The Kier molecular flexibility index (Phi) is 59.5. The Morgan fingerprint density at radius 3 is 0.839 bits per heavy atom. The van der Waals surface area contributed by atoms with Crippen LogP contribution in [0, 0.1) is 0 Å². The van der Waals surface area contributed by atoms with Gasteiger partial charge in [0.15, 0.2) is 12.6 Å². The molecule has 0 unspecified atom stereocenters. The van der Waals surface area contributed by atoms with Crippen molar-refractivity contribution < 1.29 is 52.4 Å². The third-order valence-electron chi connectivity index (χ3n) is 4.16. The van der Waals surface area contributed by atoms with E-state index in [9.17, 15) is 0 Å². The van der Waals surface area contributed by atoms with Crippen LogP contribution in [0.3, 0.4) is 0 Å². The van der Waals surface area contributed by atoms with Crippen LogP contribution in [-0.4, -0.2) is 56.4 Å². The van der Waals surface area contributed by atoms with Crippen molar-refractivity contribution in [2.75, 3.05) is 13.2 Å². The van der Waals surface area contributed by atoms with Gasteiger partial charge in [0, 0.05) is 34.9 Å². The van der Waals surface area contributed by atoms with Gasteiger partial charge in [0.1, 0.15) is 0 Å². The molecule has 0 fully saturated rings. The first-order valence-electron chi connectivity index (χ1n) is 12.3. The zero-order valence-corrected chi connectivity index (χ0v) is 22.6. The average molecular weight is 489 g/mol. The van der Waals surface area contributed by atoms with Crippen molar-refractivity contribution in [2.45, 2.75) is 143 Å². The largest absolute Gasteiger partial charge is 0.396 e. The summed E-state index contributed by atoms with van der Waals surface area (Å²) >= 11 is 0. The Balaban J connectivity index is -0.000000101. The topological polar surface area (TPSA) is 121 Å². The zero-order chi connectivity index (χ0) is 23.9. The standard InChI is InChI=1S/2C8H18O2.2C4H10O.Ti/c2*1-2-3-4-5-6-7-8(9)10;2*1-2-3-4-5;/h2*8-10H,2-7H2,1H3;2*5H,2-4H2,1H3;. The summed E-state index contributed by atoms with van der Waals surface area (Å²) < 4.78 is 0. The fourth-order valence-electron chi connectivity index (χ4n) is 2.18. The number of aliphatic hydroxyl groups excluding tert-OH is 4. The Bertz CT molecular complexity index is 216. The van der Waals surface area contributed by atoms with Gasteiger partial charge in [-0.3, -0.25) is 0 Å². The Hall–Kier alpha value is 0.474. The van der Waals surface area contributed by atoms with Crippen LogP contribution in [0.5, 0.6) is 0 Å². The van der Waals surface area contributed by atoms with Gasteiger partial charge >= 0.3 is 0 Å². The van der Waals surface area contributed by atoms with Crippen LogP contribution in [0.4, 0.5) is 0 Å². The molecule has 0 radical (unpaired) electrons. The molecule has 0 atom stereocenters. The molecule has 0 spiro atoms. The van der Waals surface area contributed by atoms with Gasteiger partial charge in [0.2, 0.25) is 0 Å². The molecule has 0 aromatic heterocycles. The summed E-state index contributed by atoms with van der Waals surface area (Å²) in [5, 5.41) is 50.0. The second kappa shape index (κ2) is 44.2. The van der Waals surface area contributed by atoms with Crippen molar-refractivity contribution in [1.29, 1.82) is 0 Å². The Labute approximate surface area is 208 Å². The molecule has 0 heterocycles. The Morgan fingerprint density at radius 1 is 0.419 bits per heavy atom. The SMILES string of the molecule is CCCCCCCC(O)O.CCCCCCCC(O)O.CCCCO.CCCCO.[Ti]. The molecule has 31 heavy (non-hydrogen) atoms. The molecule has 192 valence electrons. The van der Waals surface area contributed by atoms with Crippen LogP contribution in [-0.2, 0) is 21.7 Å². The summed E-state index contributed by atoms with van der Waals surface area (Å²) in [6.07, 6.45) is 14.6. The van der Waals surface area contributed by atoms with Crippen LogP contribution in [0.25, 0.3) is 0 Å². The molecule has 6 nitrogen and oxygen atoms in total. The van der Waals surface area contributed by atoms with E-state index in [0.29, 0.717) is 26.1 Å². The van der Waals surface area contributed by atoms with Gasteiger partial charge in [-0.05, 0) is 38.5 Å². The van der Waals surface area contributed by atoms with E-state index in [1.807, 2.05) is 0 Å². The molecular formula is C24H56O6Ti. The number of rotatable bonds is 16. The molecule has 0 aliphatic carbocycles. The smallest absolute Gasteiger partial charge is 0.151 e. The summed E-state index contributed by atoms with van der Waals surface area (Å²) in [7, 11) is 0. The van der Waals surface area contributed by atoms with Gasteiger partial charge in [0.25, 0.3) is 0 Å². The van der Waals surface area contributed by atoms with Gasteiger partial charge in [-0.25, -0.2) is 0 Å². The number of aliphatic hydroxyl groups is 6. The number of unbranched alkanes of at least 4 members (excludes halogenated alkanes) is 10. The molecular weight excluding hydrogens is 432 g/mol. The molecule has 0 aromatic carbocycles. The maximum atomic E-state index is 8.46. The molecule has 0 rings (SSSR count). The van der Waals surface area contributed by atoms with Gasteiger partial charge < -0.3 is 30.6 Å². The fourth-order valence-corrected chi connectivity index (χ4v) is 2.18. The van der Waals surface area contributed by atoms with E-state index < -0.39 is 12.6 Å². The van der Waals surface area contributed by atoms with Gasteiger partial charge in [-0.1, -0.05) is 91.9 Å². The first kappa shape index (κ1) is 41.7. The quantitative estimate of drug-likeness (QED) is 0.105. The van der Waals surface area contributed by atoms with E-state index in [-0.39, 0.29) is 21.7 Å². The zero-order valence-electron chi connectivity index (χ0n) is 21.1. The normalized spacial score (nSPS) is 9.68. The maximum absolute atomic E-state index is 8.46. The average Bonchev–Trinajstić information content (AvgIpc) is 2.70. The fraction of sp³-hybridized carbons (Fsp3) is 1.00. The molecule has 0 saturated heterocycles. The Morgan fingerprint density at radius 2 is 0.677 bits per heavy atom. The first-order valence-corrected chi connectivity index (χ1v) is 12.3. The van der Waals surface area contributed by atoms with Crippen LogP contribution < -0.4 is 0 Å². The van der Waals surface area contributed by atoms with Gasteiger partial charge in [0.05, 0.1) is 0 Å². The van der Waals surface area contributed by atoms with E-state index in [1.165, 1.54) is 38.5 Å². The minimum atomic E-state index is -1.10. The van der Waals surface area contributed by atoms with Crippen molar-refractivity contribution in [3.63, 3.8) is 0 Å². The van der Waals surface area contributed by atoms with Gasteiger partial charge in [-0.2, -0.15) is 0 Å². The van der Waals surface area contributed by atoms with E-state index >= 15 is 0 Å². The third-order valence-corrected chi connectivity index (χ3v) is 4.16. The second-order valence-electron chi connectivity index (χ2n) is 7.52. The summed E-state index contributed by atoms with van der Waals surface area (Å²) in [6, 6.07) is 0. The van der Waals surface area contributed by atoms with Crippen LogP contribution in [0.15, 0.2) is 0 Å². The third kappa shape index (κ3) is 72.4. The second-order valence-corrected chi connectivity index (χ2v) is 7.52. The van der Waals surface area contributed by atoms with Crippen molar-refractivity contribution in [2.24, 2.45) is 0 Å². The molecule has 0 aliphatic rings. The van der Waals surface area contributed by atoms with E-state index in [1.54, 1.807) is 0 Å². The van der Waals surface area contributed by atoms with Crippen LogP contribution >= 0.6 is 0 Å². The first-order chi connectivity index (χ1) is 14.4.